The van der Waals surface area contributed by atoms with Crippen LogP contribution in [0.3, 0.4) is 0 Å². The smallest absolute Gasteiger partial charge is 0.329 e. The van der Waals surface area contributed by atoms with Gasteiger partial charge in [0.25, 0.3) is 5.91 Å². The summed E-state index contributed by atoms with van der Waals surface area (Å²) in [4.78, 5) is 122. The number of nitrogens with one attached hydrogen (secondary N) is 7. The molecule has 358 valence electrons. The number of carbonyl (C=O) groups excluding carboxylic acids is 9. The monoisotopic (exact) mass is 903 g/mol. The van der Waals surface area contributed by atoms with Gasteiger partial charge in [0.05, 0.1) is 12.6 Å². The molecule has 1 heterocycles. The Hall–Kier alpha value is -5.67. The largest absolute Gasteiger partial charge is 0.448 e. The van der Waals surface area contributed by atoms with E-state index < -0.39 is 114 Å². The van der Waals surface area contributed by atoms with Crippen LogP contribution in [0, 0.1) is 17.8 Å². The highest BCUT2D eigenvalue weighted by atomic mass is 16.6. The summed E-state index contributed by atoms with van der Waals surface area (Å²) in [6.07, 6.45) is -0.880. The molecular weight excluding hydrogens is 833 g/mol. The lowest BCUT2D eigenvalue weighted by molar-refractivity contribution is -0.162. The number of primary amides is 1. The molecule has 0 spiro atoms. The number of nitrogens with two attached hydrogens (primary N) is 3. The van der Waals surface area contributed by atoms with Crippen molar-refractivity contribution in [3.63, 3.8) is 0 Å². The zero-order chi connectivity index (χ0) is 48.3. The minimum atomic E-state index is -2.22. The number of aliphatic hydroxyl groups excluding tert-OH is 1. The van der Waals surface area contributed by atoms with E-state index in [9.17, 15) is 48.3 Å². The van der Waals surface area contributed by atoms with Gasteiger partial charge in [0.2, 0.25) is 47.5 Å². The quantitative estimate of drug-likeness (QED) is 0.0429. The lowest BCUT2D eigenvalue weighted by atomic mass is 10.00. The summed E-state index contributed by atoms with van der Waals surface area (Å²) in [5.74, 6) is -9.23. The maximum absolute atomic E-state index is 13.9. The molecule has 0 saturated carbocycles. The molecule has 1 saturated heterocycles. The first-order valence-corrected chi connectivity index (χ1v) is 21.8. The molecule has 0 bridgehead atoms. The molecule has 21 heteroatoms. The molecule has 14 N–H and O–H groups in total. The Morgan fingerprint density at radius 1 is 0.719 bits per heavy atom. The van der Waals surface area contributed by atoms with Gasteiger partial charge in [-0.3, -0.25) is 38.4 Å². The molecule has 9 atom stereocenters. The van der Waals surface area contributed by atoms with Crippen LogP contribution in [-0.4, -0.2) is 126 Å². The predicted molar refractivity (Wildman–Crippen MR) is 235 cm³/mol. The number of esters is 1. The third-order valence-corrected chi connectivity index (χ3v) is 10.2. The lowest BCUT2D eigenvalue weighted by Gasteiger charge is -2.29. The first kappa shape index (κ1) is 54.5. The van der Waals surface area contributed by atoms with E-state index in [2.05, 4.69) is 37.2 Å². The molecule has 0 aliphatic carbocycles. The Labute approximate surface area is 374 Å². The van der Waals surface area contributed by atoms with Crippen LogP contribution in [0.1, 0.15) is 92.6 Å². The van der Waals surface area contributed by atoms with E-state index in [4.69, 9.17) is 21.9 Å². The fourth-order valence-corrected chi connectivity index (χ4v) is 6.80. The molecule has 9 unspecified atom stereocenters. The van der Waals surface area contributed by atoms with Crippen LogP contribution in [-0.2, 0) is 54.3 Å². The molecule has 1 aliphatic rings. The normalized spacial score (nSPS) is 21.6. The summed E-state index contributed by atoms with van der Waals surface area (Å²) < 4.78 is 5.45. The van der Waals surface area contributed by atoms with Crippen LogP contribution >= 0.6 is 0 Å². The molecule has 1 fully saturated rings. The first-order chi connectivity index (χ1) is 30.1. The van der Waals surface area contributed by atoms with Gasteiger partial charge >= 0.3 is 5.97 Å². The maximum atomic E-state index is 13.9. The van der Waals surface area contributed by atoms with Crippen molar-refractivity contribution in [1.29, 1.82) is 0 Å². The van der Waals surface area contributed by atoms with Crippen molar-refractivity contribution in [1.82, 2.24) is 37.2 Å². The van der Waals surface area contributed by atoms with E-state index in [0.717, 1.165) is 5.56 Å². The van der Waals surface area contributed by atoms with E-state index in [0.29, 0.717) is 12.8 Å². The van der Waals surface area contributed by atoms with Gasteiger partial charge in [-0.25, -0.2) is 4.79 Å². The molecule has 0 aromatic heterocycles. The third kappa shape index (κ3) is 18.2. The number of unbranched alkanes of at least 4 members (excludes halogenated alkanes) is 1. The Kier molecular flexibility index (Phi) is 22.8. The number of benzene rings is 1. The molecule has 21 nitrogen and oxygen atoms in total. The number of aliphatic hydroxyl groups is 1. The number of rotatable bonds is 22. The highest BCUT2D eigenvalue weighted by Gasteiger charge is 2.42. The Bertz CT molecular complexity index is 1760. The van der Waals surface area contributed by atoms with Crippen LogP contribution < -0.4 is 54.4 Å². The van der Waals surface area contributed by atoms with Gasteiger partial charge < -0.3 is 64.3 Å². The van der Waals surface area contributed by atoms with Crippen molar-refractivity contribution in [2.24, 2.45) is 35.0 Å². The Morgan fingerprint density at radius 2 is 1.28 bits per heavy atom. The summed E-state index contributed by atoms with van der Waals surface area (Å²) in [5.41, 5.74) is 18.3. The van der Waals surface area contributed by atoms with Crippen molar-refractivity contribution in [3.05, 3.63) is 35.9 Å². The molecular formula is C43H70N10O11. The lowest BCUT2D eigenvalue weighted by Crippen LogP contribution is -2.64. The molecule has 2 rings (SSSR count). The van der Waals surface area contributed by atoms with Crippen molar-refractivity contribution >= 4 is 53.2 Å². The van der Waals surface area contributed by atoms with Crippen molar-refractivity contribution in [3.8, 4) is 0 Å². The zero-order valence-electron chi connectivity index (χ0n) is 37.9. The summed E-state index contributed by atoms with van der Waals surface area (Å²) >= 11 is 0. The summed E-state index contributed by atoms with van der Waals surface area (Å²) in [6, 6.07) is -2.23. The summed E-state index contributed by atoms with van der Waals surface area (Å²) in [5, 5.41) is 27.7. The Balaban J connectivity index is 2.42. The van der Waals surface area contributed by atoms with Crippen LogP contribution in [0.2, 0.25) is 0 Å². The average molecular weight is 903 g/mol. The van der Waals surface area contributed by atoms with Crippen molar-refractivity contribution < 1.29 is 53.0 Å². The van der Waals surface area contributed by atoms with Crippen LogP contribution in [0.25, 0.3) is 0 Å². The Morgan fingerprint density at radius 3 is 1.84 bits per heavy atom. The van der Waals surface area contributed by atoms with Gasteiger partial charge in [-0.2, -0.15) is 0 Å². The fourth-order valence-electron chi connectivity index (χ4n) is 6.80. The van der Waals surface area contributed by atoms with Crippen LogP contribution in [0.5, 0.6) is 0 Å². The number of hydrogen-bond acceptors (Lipinski definition) is 13. The van der Waals surface area contributed by atoms with Gasteiger partial charge in [0.15, 0.2) is 6.04 Å². The minimum absolute atomic E-state index is 0.00596. The van der Waals surface area contributed by atoms with Crippen molar-refractivity contribution in [2.45, 2.75) is 148 Å². The zero-order valence-corrected chi connectivity index (χ0v) is 37.9. The average Bonchev–Trinajstić information content (AvgIpc) is 3.22. The first-order valence-electron chi connectivity index (χ1n) is 21.8. The number of cyclic esters (lactones) is 1. The fraction of sp³-hybridized carbons (Fsp3) is 0.651. The van der Waals surface area contributed by atoms with Gasteiger partial charge in [0, 0.05) is 0 Å². The standard InChI is InChI=1S/C43H70N10O11/c1-22(2)17-29-40(60)51-31(19-24(5)6)43(63)64-34(35(46)55)33(42(62)47-25(7)36(56)49-29)53-41(61)32(21-54)52-38(58)28(15-11-12-16-44)48-39(59)30(18-23(3)4)50-37(57)27(45)20-26-13-9-8-10-14-26/h8-10,13-14,22-25,27-34,54H,11-12,15-21,44-45H2,1-7H3,(H2,46,55)(H,47,62)(H,48,59)(H,49,56)(H,50,57)(H,51,60)(H,52,58)(H,53,61). The summed E-state index contributed by atoms with van der Waals surface area (Å²) in [6.45, 7) is 11.3. The van der Waals surface area contributed by atoms with E-state index in [1.807, 2.05) is 45.9 Å². The second-order valence-electron chi connectivity index (χ2n) is 17.4. The van der Waals surface area contributed by atoms with E-state index in [1.165, 1.54) is 6.92 Å². The number of ether oxygens (including phenoxy) is 1. The highest BCUT2D eigenvalue weighted by molar-refractivity contribution is 6.00. The molecule has 8 amide bonds. The SMILES string of the molecule is CC(C)CC(NC(=O)C(N)Cc1ccccc1)C(=O)NC(CCCCN)C(=O)NC(CO)C(=O)NC1C(=O)NC(C)C(=O)NC(CC(C)C)C(=O)NC(CC(C)C)C(=O)OC1C(N)=O. The van der Waals surface area contributed by atoms with Gasteiger partial charge in [-0.15, -0.1) is 0 Å². The van der Waals surface area contributed by atoms with E-state index >= 15 is 0 Å². The molecule has 64 heavy (non-hydrogen) atoms. The minimum Gasteiger partial charge on any atom is -0.448 e. The van der Waals surface area contributed by atoms with Gasteiger partial charge in [-0.05, 0) is 81.7 Å². The van der Waals surface area contributed by atoms with Gasteiger partial charge in [-0.1, -0.05) is 71.9 Å². The molecule has 1 aliphatic heterocycles. The van der Waals surface area contributed by atoms with Crippen LogP contribution in [0.4, 0.5) is 0 Å². The maximum Gasteiger partial charge on any atom is 0.329 e. The predicted octanol–water partition coefficient (Wildman–Crippen LogP) is -2.36. The molecule has 1 aromatic rings. The summed E-state index contributed by atoms with van der Waals surface area (Å²) in [7, 11) is 0. The topological polar surface area (TPSA) is 345 Å². The highest BCUT2D eigenvalue weighted by Crippen LogP contribution is 2.14. The molecule has 0 radical (unpaired) electrons. The van der Waals surface area contributed by atoms with E-state index in [1.54, 1.807) is 26.0 Å². The second-order valence-corrected chi connectivity index (χ2v) is 17.4. The third-order valence-electron chi connectivity index (χ3n) is 10.2. The number of carbonyl (C=O) groups is 9. The second kappa shape index (κ2) is 26.8. The van der Waals surface area contributed by atoms with Crippen LogP contribution in [0.15, 0.2) is 30.3 Å². The molecule has 1 aromatic carbocycles. The van der Waals surface area contributed by atoms with E-state index in [-0.39, 0.29) is 56.4 Å². The number of amides is 8. The van der Waals surface area contributed by atoms with Gasteiger partial charge in [0.1, 0.15) is 36.3 Å². The van der Waals surface area contributed by atoms with Crippen molar-refractivity contribution in [2.75, 3.05) is 13.2 Å². The number of hydrogen-bond donors (Lipinski definition) is 11.